The monoisotopic (exact) mass is 436 g/mol. The fraction of sp³-hybridized carbons (Fsp3) is 0.708. The van der Waals surface area contributed by atoms with Gasteiger partial charge < -0.3 is 14.6 Å². The van der Waals surface area contributed by atoms with Gasteiger partial charge >= 0.3 is 5.97 Å². The molecule has 0 spiro atoms. The molecule has 0 aliphatic carbocycles. The molecule has 1 fully saturated rings. The van der Waals surface area contributed by atoms with E-state index in [0.29, 0.717) is 19.7 Å². The van der Waals surface area contributed by atoms with E-state index in [4.69, 9.17) is 14.2 Å². The molecule has 2 rings (SSSR count). The Hall–Kier alpha value is -1.67. The van der Waals surface area contributed by atoms with E-state index < -0.39 is 12.7 Å². The van der Waals surface area contributed by atoms with Crippen molar-refractivity contribution in [1.29, 1.82) is 0 Å². The van der Waals surface area contributed by atoms with Gasteiger partial charge in [-0.15, -0.1) is 0 Å². The molecule has 0 bridgehead atoms. The van der Waals surface area contributed by atoms with Crippen LogP contribution in [0, 0.1) is 17.8 Å². The average molecular weight is 437 g/mol. The lowest BCUT2D eigenvalue weighted by Crippen LogP contribution is -2.46. The van der Waals surface area contributed by atoms with Gasteiger partial charge in [-0.3, -0.25) is 19.3 Å². The standard InChI is InChI=1S/C24H40N2O5/c1-7-25(15-19(6)16-29-20-11-9-8-10-12-20)24(28)31-23(18(4)5)30-22(27)21(17(2)3)26-13-14-26/h8-12,17-19,21,23-24,28H,7,13-16H2,1-6H3/t19?,21-,23?,24?/m1/s1. The van der Waals surface area contributed by atoms with Crippen LogP contribution in [0.1, 0.15) is 41.5 Å². The number of benzene rings is 1. The second kappa shape index (κ2) is 12.4. The molecule has 1 N–H and O–H groups in total. The van der Waals surface area contributed by atoms with Crippen LogP contribution in [0.4, 0.5) is 0 Å². The number of esters is 1. The maximum atomic E-state index is 12.7. The molecular formula is C24H40N2O5. The van der Waals surface area contributed by atoms with Crippen molar-refractivity contribution in [2.45, 2.75) is 60.3 Å². The van der Waals surface area contributed by atoms with Crippen molar-refractivity contribution in [3.05, 3.63) is 30.3 Å². The van der Waals surface area contributed by atoms with Gasteiger partial charge in [-0.25, -0.2) is 0 Å². The third-order valence-corrected chi connectivity index (χ3v) is 5.32. The van der Waals surface area contributed by atoms with Gasteiger partial charge in [0.2, 0.25) is 12.7 Å². The van der Waals surface area contributed by atoms with E-state index in [1.807, 2.05) is 69.9 Å². The summed E-state index contributed by atoms with van der Waals surface area (Å²) in [7, 11) is 0. The zero-order valence-electron chi connectivity index (χ0n) is 19.9. The maximum Gasteiger partial charge on any atom is 0.325 e. The first-order valence-electron chi connectivity index (χ1n) is 11.4. The summed E-state index contributed by atoms with van der Waals surface area (Å²) in [4.78, 5) is 16.6. The number of aliphatic hydroxyl groups excluding tert-OH is 1. The summed E-state index contributed by atoms with van der Waals surface area (Å²) in [6.07, 6.45) is -1.98. The van der Waals surface area contributed by atoms with Crippen LogP contribution in [-0.4, -0.2) is 72.4 Å². The topological polar surface area (TPSA) is 71.2 Å². The van der Waals surface area contributed by atoms with Crippen molar-refractivity contribution in [2.24, 2.45) is 17.8 Å². The minimum Gasteiger partial charge on any atom is -0.493 e. The van der Waals surface area contributed by atoms with Crippen LogP contribution in [0.3, 0.4) is 0 Å². The van der Waals surface area contributed by atoms with Crippen LogP contribution in [0.2, 0.25) is 0 Å². The number of carbonyl (C=O) groups excluding carboxylic acids is 1. The lowest BCUT2D eigenvalue weighted by molar-refractivity contribution is -0.284. The van der Waals surface area contributed by atoms with Crippen LogP contribution in [0.15, 0.2) is 30.3 Å². The maximum absolute atomic E-state index is 12.7. The minimum absolute atomic E-state index is 0.0850. The van der Waals surface area contributed by atoms with E-state index in [1.165, 1.54) is 0 Å². The summed E-state index contributed by atoms with van der Waals surface area (Å²) in [5.74, 6) is 0.785. The third-order valence-electron chi connectivity index (χ3n) is 5.32. The Bertz CT molecular complexity index is 649. The zero-order valence-corrected chi connectivity index (χ0v) is 19.9. The molecule has 176 valence electrons. The molecule has 0 aromatic heterocycles. The van der Waals surface area contributed by atoms with Crippen LogP contribution in [-0.2, 0) is 14.3 Å². The molecule has 3 unspecified atom stereocenters. The van der Waals surface area contributed by atoms with Gasteiger partial charge in [0.05, 0.1) is 6.61 Å². The number of para-hydroxylation sites is 1. The first-order chi connectivity index (χ1) is 14.7. The highest BCUT2D eigenvalue weighted by Crippen LogP contribution is 2.22. The number of hydrogen-bond donors (Lipinski definition) is 1. The van der Waals surface area contributed by atoms with E-state index >= 15 is 0 Å². The third kappa shape index (κ3) is 8.41. The fourth-order valence-electron chi connectivity index (χ4n) is 3.47. The summed E-state index contributed by atoms with van der Waals surface area (Å²) < 4.78 is 17.3. The number of carbonyl (C=O) groups is 1. The van der Waals surface area contributed by atoms with Gasteiger partial charge in [0, 0.05) is 31.5 Å². The Labute approximate surface area is 187 Å². The van der Waals surface area contributed by atoms with E-state index in [2.05, 4.69) is 11.8 Å². The highest BCUT2D eigenvalue weighted by atomic mass is 16.8. The van der Waals surface area contributed by atoms with Crippen molar-refractivity contribution in [2.75, 3.05) is 32.8 Å². The van der Waals surface area contributed by atoms with Crippen LogP contribution in [0.25, 0.3) is 0 Å². The highest BCUT2D eigenvalue weighted by Gasteiger charge is 2.38. The summed E-state index contributed by atoms with van der Waals surface area (Å²) in [5.41, 5.74) is 0. The number of hydrogen-bond acceptors (Lipinski definition) is 7. The number of nitrogens with zero attached hydrogens (tertiary/aromatic N) is 2. The Morgan fingerprint density at radius 3 is 2.26 bits per heavy atom. The largest absolute Gasteiger partial charge is 0.493 e. The van der Waals surface area contributed by atoms with Crippen LogP contribution in [0.5, 0.6) is 5.75 Å². The molecule has 31 heavy (non-hydrogen) atoms. The molecule has 1 saturated heterocycles. The highest BCUT2D eigenvalue weighted by molar-refractivity contribution is 5.76. The molecule has 1 heterocycles. The van der Waals surface area contributed by atoms with Gasteiger partial charge in [0.15, 0.2) is 0 Å². The molecule has 7 nitrogen and oxygen atoms in total. The molecule has 1 aliphatic rings. The molecule has 7 heteroatoms. The first kappa shape index (κ1) is 25.6. The molecule has 0 radical (unpaired) electrons. The van der Waals surface area contributed by atoms with Gasteiger partial charge in [0.25, 0.3) is 0 Å². The summed E-state index contributed by atoms with van der Waals surface area (Å²) in [6.45, 7) is 15.4. The first-order valence-corrected chi connectivity index (χ1v) is 11.4. The van der Waals surface area contributed by atoms with Crippen LogP contribution >= 0.6 is 0 Å². The predicted octanol–water partition coefficient (Wildman–Crippen LogP) is 3.18. The lowest BCUT2D eigenvalue weighted by atomic mass is 10.0. The van der Waals surface area contributed by atoms with Gasteiger partial charge in [-0.1, -0.05) is 59.7 Å². The molecule has 4 atom stereocenters. The molecular weight excluding hydrogens is 396 g/mol. The molecule has 0 saturated carbocycles. The molecule has 1 aromatic rings. The van der Waals surface area contributed by atoms with Crippen molar-refractivity contribution < 1.29 is 24.1 Å². The van der Waals surface area contributed by atoms with Crippen LogP contribution < -0.4 is 4.74 Å². The predicted molar refractivity (Wildman–Crippen MR) is 120 cm³/mol. The molecule has 1 aromatic carbocycles. The normalized spacial score (nSPS) is 18.1. The van der Waals surface area contributed by atoms with E-state index in [1.54, 1.807) is 0 Å². The average Bonchev–Trinajstić information content (AvgIpc) is 3.55. The lowest BCUT2D eigenvalue weighted by Gasteiger charge is -2.33. The van der Waals surface area contributed by atoms with Gasteiger partial charge in [-0.2, -0.15) is 0 Å². The SMILES string of the molecule is CCN(CC(C)COc1ccccc1)C(O)OC(OC(=O)[C@@H](C(C)C)N1CC1)C(C)C. The minimum atomic E-state index is -1.16. The Morgan fingerprint density at radius 1 is 1.10 bits per heavy atom. The van der Waals surface area contributed by atoms with E-state index in [0.717, 1.165) is 18.8 Å². The fourth-order valence-corrected chi connectivity index (χ4v) is 3.47. The second-order valence-electron chi connectivity index (χ2n) is 9.05. The van der Waals surface area contributed by atoms with Gasteiger partial charge in [-0.05, 0) is 24.6 Å². The molecule has 0 amide bonds. The zero-order chi connectivity index (χ0) is 23.0. The van der Waals surface area contributed by atoms with E-state index in [-0.39, 0.29) is 29.8 Å². The Kier molecular flexibility index (Phi) is 10.2. The van der Waals surface area contributed by atoms with Crippen molar-refractivity contribution in [3.8, 4) is 5.75 Å². The quantitative estimate of drug-likeness (QED) is 0.273. The number of aliphatic hydroxyl groups is 1. The van der Waals surface area contributed by atoms with Crippen molar-refractivity contribution in [1.82, 2.24) is 9.80 Å². The smallest absolute Gasteiger partial charge is 0.325 e. The summed E-state index contributed by atoms with van der Waals surface area (Å²) in [6, 6.07) is 9.41. The molecule has 1 aliphatic heterocycles. The summed E-state index contributed by atoms with van der Waals surface area (Å²) >= 11 is 0. The Morgan fingerprint density at radius 2 is 1.74 bits per heavy atom. The number of ether oxygens (including phenoxy) is 3. The van der Waals surface area contributed by atoms with Crippen molar-refractivity contribution >= 4 is 5.97 Å². The van der Waals surface area contributed by atoms with Crippen molar-refractivity contribution in [3.63, 3.8) is 0 Å². The van der Waals surface area contributed by atoms with Gasteiger partial charge in [0.1, 0.15) is 11.8 Å². The second-order valence-corrected chi connectivity index (χ2v) is 9.05. The Balaban J connectivity index is 1.88. The van der Waals surface area contributed by atoms with E-state index in [9.17, 15) is 9.90 Å². The number of rotatable bonds is 14. The summed E-state index contributed by atoms with van der Waals surface area (Å²) in [5, 5.41) is 10.7.